The third-order valence-electron chi connectivity index (χ3n) is 5.01. The second-order valence-corrected chi connectivity index (χ2v) is 7.32. The van der Waals surface area contributed by atoms with Crippen LogP contribution < -0.4 is 9.47 Å². The Labute approximate surface area is 193 Å². The van der Waals surface area contributed by atoms with Crippen molar-refractivity contribution in [2.75, 3.05) is 13.2 Å². The van der Waals surface area contributed by atoms with Crippen LogP contribution in [-0.2, 0) is 9.47 Å². The maximum atomic E-state index is 12.4. The smallest absolute Gasteiger partial charge is 0.434 e. The van der Waals surface area contributed by atoms with Gasteiger partial charge in [-0.3, -0.25) is 0 Å². The highest BCUT2D eigenvalue weighted by Gasteiger charge is 2.22. The van der Waals surface area contributed by atoms with Gasteiger partial charge in [0, 0.05) is 21.5 Å². The van der Waals surface area contributed by atoms with E-state index in [2.05, 4.69) is 0 Å². The van der Waals surface area contributed by atoms with E-state index in [1.807, 2.05) is 87.5 Å². The van der Waals surface area contributed by atoms with Crippen LogP contribution in [0.3, 0.4) is 0 Å². The van der Waals surface area contributed by atoms with Gasteiger partial charge >= 0.3 is 12.3 Å². The zero-order chi connectivity index (χ0) is 23.6. The summed E-state index contributed by atoms with van der Waals surface area (Å²) in [6, 6.07) is 12.9. The van der Waals surface area contributed by atoms with Crippen LogP contribution in [-0.4, -0.2) is 25.5 Å². The number of ether oxygens (including phenoxy) is 4. The molecule has 0 saturated heterocycles. The van der Waals surface area contributed by atoms with Crippen molar-refractivity contribution in [3.05, 3.63) is 72.3 Å². The molecule has 0 amide bonds. The summed E-state index contributed by atoms with van der Waals surface area (Å²) in [5.41, 5.74) is 0.862. The molecule has 0 unspecified atom stereocenters. The van der Waals surface area contributed by atoms with E-state index in [1.165, 1.54) is 0 Å². The number of hydrogen-bond donors (Lipinski definition) is 0. The third-order valence-corrected chi connectivity index (χ3v) is 5.01. The van der Waals surface area contributed by atoms with Crippen LogP contribution in [0.15, 0.2) is 66.8 Å². The van der Waals surface area contributed by atoms with Crippen LogP contribution >= 0.6 is 0 Å². The number of aryl methyl sites for hydroxylation is 1. The van der Waals surface area contributed by atoms with Gasteiger partial charge in [-0.2, -0.15) is 0 Å². The predicted molar refractivity (Wildman–Crippen MR) is 129 cm³/mol. The van der Waals surface area contributed by atoms with Crippen molar-refractivity contribution in [2.45, 2.75) is 33.6 Å². The molecule has 3 rings (SSSR count). The summed E-state index contributed by atoms with van der Waals surface area (Å²) in [5.74, 6) is 0.720. The molecule has 0 saturated carbocycles. The molecule has 33 heavy (non-hydrogen) atoms. The minimum Gasteiger partial charge on any atom is -0.434 e. The molecule has 0 aliphatic carbocycles. The van der Waals surface area contributed by atoms with Gasteiger partial charge in [0.05, 0.1) is 13.2 Å². The molecule has 0 bridgehead atoms. The fraction of sp³-hybridized carbons (Fsp3) is 0.259. The highest BCUT2D eigenvalue weighted by Crippen LogP contribution is 2.44. The van der Waals surface area contributed by atoms with Crippen molar-refractivity contribution in [2.24, 2.45) is 0 Å². The van der Waals surface area contributed by atoms with E-state index >= 15 is 0 Å². The Morgan fingerprint density at radius 3 is 1.82 bits per heavy atom. The third kappa shape index (κ3) is 5.92. The summed E-state index contributed by atoms with van der Waals surface area (Å²) >= 11 is 0. The van der Waals surface area contributed by atoms with E-state index in [1.54, 1.807) is 0 Å². The summed E-state index contributed by atoms with van der Waals surface area (Å²) in [4.78, 5) is 24.8. The second-order valence-electron chi connectivity index (χ2n) is 7.32. The molecule has 3 aromatic rings. The van der Waals surface area contributed by atoms with E-state index in [0.717, 1.165) is 5.56 Å². The molecular weight excluding hydrogens is 420 g/mol. The van der Waals surface area contributed by atoms with Crippen LogP contribution in [0.4, 0.5) is 9.59 Å². The normalized spacial score (nSPS) is 11.4. The summed E-state index contributed by atoms with van der Waals surface area (Å²) in [5, 5.41) is 2.55. The lowest BCUT2D eigenvalue weighted by atomic mass is 9.97. The second kappa shape index (κ2) is 11.7. The van der Waals surface area contributed by atoms with Crippen molar-refractivity contribution in [1.29, 1.82) is 0 Å². The summed E-state index contributed by atoms with van der Waals surface area (Å²) in [6.45, 7) is 6.15. The largest absolute Gasteiger partial charge is 0.513 e. The van der Waals surface area contributed by atoms with Gasteiger partial charge in [0.1, 0.15) is 5.75 Å². The monoisotopic (exact) mass is 448 g/mol. The molecule has 0 radical (unpaired) electrons. The molecule has 6 heteroatoms. The minimum absolute atomic E-state index is 0.221. The number of hydrogen-bond acceptors (Lipinski definition) is 6. The maximum absolute atomic E-state index is 12.4. The number of carbonyl (C=O) groups is 2. The van der Waals surface area contributed by atoms with E-state index in [0.29, 0.717) is 45.9 Å². The quantitative estimate of drug-likeness (QED) is 0.119. The standard InChI is InChI=1S/C27H28O6/c1-4-6-10-17-30-26(28)32-24-20-14-8-9-15-21(20)25(23-19(3)13-12-16-22(23)24)33-27(29)31-18-11-7-5-2/h4-9,12-16H,10-11,17-18H2,1-3H3/b6-4+,7-5+. The number of fused-ring (bicyclic) bond motifs is 2. The van der Waals surface area contributed by atoms with Gasteiger partial charge in [0.15, 0.2) is 5.75 Å². The van der Waals surface area contributed by atoms with Crippen molar-refractivity contribution in [3.63, 3.8) is 0 Å². The predicted octanol–water partition coefficient (Wildman–Crippen LogP) is 7.26. The van der Waals surface area contributed by atoms with Crippen LogP contribution in [0, 0.1) is 6.92 Å². The van der Waals surface area contributed by atoms with Gasteiger partial charge in [-0.05, 0) is 39.2 Å². The lowest BCUT2D eigenvalue weighted by Crippen LogP contribution is -2.13. The van der Waals surface area contributed by atoms with Crippen molar-refractivity contribution in [3.8, 4) is 11.5 Å². The van der Waals surface area contributed by atoms with Crippen molar-refractivity contribution in [1.82, 2.24) is 0 Å². The lowest BCUT2D eigenvalue weighted by molar-refractivity contribution is 0.0999. The Kier molecular flexibility index (Phi) is 8.47. The fourth-order valence-corrected chi connectivity index (χ4v) is 3.51. The molecule has 0 N–H and O–H groups in total. The first-order chi connectivity index (χ1) is 16.1. The summed E-state index contributed by atoms with van der Waals surface area (Å²) < 4.78 is 21.8. The average molecular weight is 449 g/mol. The molecular formula is C27H28O6. The fourth-order valence-electron chi connectivity index (χ4n) is 3.51. The highest BCUT2D eigenvalue weighted by molar-refractivity contribution is 6.13. The Morgan fingerprint density at radius 2 is 1.24 bits per heavy atom. The molecule has 0 aromatic heterocycles. The number of benzene rings is 3. The van der Waals surface area contributed by atoms with Gasteiger partial charge in [-0.15, -0.1) is 0 Å². The molecule has 0 heterocycles. The van der Waals surface area contributed by atoms with Gasteiger partial charge in [0.2, 0.25) is 0 Å². The molecule has 0 aliphatic rings. The van der Waals surface area contributed by atoms with E-state index in [4.69, 9.17) is 18.9 Å². The SMILES string of the molecule is C/C=C/CCOC(=O)Oc1c2ccccc2c(OC(=O)OCC/C=C/C)c2c(C)cccc12. The van der Waals surface area contributed by atoms with Crippen LogP contribution in [0.5, 0.6) is 11.5 Å². The minimum atomic E-state index is -0.787. The van der Waals surface area contributed by atoms with E-state index < -0.39 is 12.3 Å². The van der Waals surface area contributed by atoms with Gasteiger partial charge < -0.3 is 18.9 Å². The molecule has 172 valence electrons. The van der Waals surface area contributed by atoms with Gasteiger partial charge in [-0.25, -0.2) is 9.59 Å². The average Bonchev–Trinajstić information content (AvgIpc) is 2.81. The maximum Gasteiger partial charge on any atom is 0.513 e. The van der Waals surface area contributed by atoms with Gasteiger partial charge in [-0.1, -0.05) is 66.8 Å². The highest BCUT2D eigenvalue weighted by atomic mass is 16.7. The van der Waals surface area contributed by atoms with Gasteiger partial charge in [0.25, 0.3) is 0 Å². The zero-order valence-electron chi connectivity index (χ0n) is 19.1. The summed E-state index contributed by atoms with van der Waals surface area (Å²) in [6.07, 6.45) is 7.24. The number of carbonyl (C=O) groups excluding carboxylic acids is 2. The molecule has 0 spiro atoms. The molecule has 0 atom stereocenters. The number of rotatable bonds is 8. The lowest BCUT2D eigenvalue weighted by Gasteiger charge is -2.17. The number of allylic oxidation sites excluding steroid dienone is 2. The van der Waals surface area contributed by atoms with E-state index in [-0.39, 0.29) is 13.2 Å². The van der Waals surface area contributed by atoms with E-state index in [9.17, 15) is 9.59 Å². The molecule has 0 fully saturated rings. The van der Waals surface area contributed by atoms with Crippen LogP contribution in [0.2, 0.25) is 0 Å². The Bertz CT molecular complexity index is 1190. The first kappa shape index (κ1) is 23.9. The first-order valence-electron chi connectivity index (χ1n) is 10.9. The summed E-state index contributed by atoms with van der Waals surface area (Å²) in [7, 11) is 0. The molecule has 6 nitrogen and oxygen atoms in total. The Hall–Kier alpha value is -3.80. The molecule has 3 aromatic carbocycles. The van der Waals surface area contributed by atoms with Crippen molar-refractivity contribution >= 4 is 33.9 Å². The Balaban J connectivity index is 2.01. The Morgan fingerprint density at radius 1 is 0.727 bits per heavy atom. The zero-order valence-corrected chi connectivity index (χ0v) is 19.1. The first-order valence-corrected chi connectivity index (χ1v) is 10.9. The molecule has 0 aliphatic heterocycles. The van der Waals surface area contributed by atoms with Crippen molar-refractivity contribution < 1.29 is 28.5 Å². The van der Waals surface area contributed by atoms with Crippen LogP contribution in [0.1, 0.15) is 32.3 Å². The topological polar surface area (TPSA) is 71.1 Å². The van der Waals surface area contributed by atoms with Crippen LogP contribution in [0.25, 0.3) is 21.5 Å².